The Balaban J connectivity index is 2.29. The lowest BCUT2D eigenvalue weighted by atomic mass is 9.82. The van der Waals surface area contributed by atoms with Crippen LogP contribution in [0.2, 0.25) is 0 Å². The normalized spacial score (nSPS) is 14.6. The molecule has 0 aliphatic heterocycles. The summed E-state index contributed by atoms with van der Waals surface area (Å²) >= 11 is 0. The Morgan fingerprint density at radius 1 is 1.05 bits per heavy atom. The fourth-order valence-electron chi connectivity index (χ4n) is 2.96. The highest BCUT2D eigenvalue weighted by molar-refractivity contribution is 6.00. The molecule has 1 aliphatic carbocycles. The largest absolute Gasteiger partial charge is 0.282 e. The van der Waals surface area contributed by atoms with Gasteiger partial charge in [0, 0.05) is 11.0 Å². The van der Waals surface area contributed by atoms with Gasteiger partial charge in [0.2, 0.25) is 0 Å². The fourth-order valence-corrected chi connectivity index (χ4v) is 2.96. The third-order valence-electron chi connectivity index (χ3n) is 4.02. The van der Waals surface area contributed by atoms with E-state index in [0.29, 0.717) is 0 Å². The number of amidine groups is 1. The number of hydrogen-bond acceptors (Lipinski definition) is 1. The SMILES string of the molecule is C=NC(=N)c1ccc2c(c1)-c1ccccc1C2(C)C. The van der Waals surface area contributed by atoms with Crippen LogP contribution in [-0.4, -0.2) is 12.6 Å². The fraction of sp³-hybridized carbons (Fsp3) is 0.176. The number of rotatable bonds is 1. The maximum atomic E-state index is 7.79. The van der Waals surface area contributed by atoms with E-state index in [-0.39, 0.29) is 11.3 Å². The van der Waals surface area contributed by atoms with Gasteiger partial charge in [0.15, 0.2) is 5.84 Å². The maximum absolute atomic E-state index is 7.79. The first-order chi connectivity index (χ1) is 9.05. The second-order valence-electron chi connectivity index (χ2n) is 5.44. The predicted octanol–water partition coefficient (Wildman–Crippen LogP) is 4.02. The predicted molar refractivity (Wildman–Crippen MR) is 80.4 cm³/mol. The van der Waals surface area contributed by atoms with E-state index in [1.54, 1.807) is 0 Å². The van der Waals surface area contributed by atoms with Gasteiger partial charge in [-0.2, -0.15) is 0 Å². The average molecular weight is 248 g/mol. The van der Waals surface area contributed by atoms with Crippen LogP contribution >= 0.6 is 0 Å². The Kier molecular flexibility index (Phi) is 2.42. The summed E-state index contributed by atoms with van der Waals surface area (Å²) in [4.78, 5) is 3.71. The molecule has 3 rings (SSSR count). The minimum absolute atomic E-state index is 0.0221. The number of benzene rings is 2. The topological polar surface area (TPSA) is 36.2 Å². The zero-order valence-electron chi connectivity index (χ0n) is 11.2. The molecule has 94 valence electrons. The quantitative estimate of drug-likeness (QED) is 0.584. The first kappa shape index (κ1) is 11.8. The molecule has 0 fully saturated rings. The maximum Gasteiger partial charge on any atom is 0.151 e. The minimum atomic E-state index is 0.0221. The molecular formula is C17H16N2. The lowest BCUT2D eigenvalue weighted by molar-refractivity contribution is 0.660. The van der Waals surface area contributed by atoms with E-state index < -0.39 is 0 Å². The summed E-state index contributed by atoms with van der Waals surface area (Å²) in [7, 11) is 0. The van der Waals surface area contributed by atoms with Crippen LogP contribution in [0.4, 0.5) is 0 Å². The Hall–Kier alpha value is -2.22. The van der Waals surface area contributed by atoms with Crippen LogP contribution in [0.5, 0.6) is 0 Å². The van der Waals surface area contributed by atoms with E-state index in [1.165, 1.54) is 22.3 Å². The van der Waals surface area contributed by atoms with Crippen LogP contribution in [0.15, 0.2) is 47.5 Å². The molecule has 0 atom stereocenters. The molecule has 0 saturated carbocycles. The van der Waals surface area contributed by atoms with Crippen LogP contribution in [0.1, 0.15) is 30.5 Å². The summed E-state index contributed by atoms with van der Waals surface area (Å²) in [6.07, 6.45) is 0. The summed E-state index contributed by atoms with van der Waals surface area (Å²) in [5.41, 5.74) is 5.98. The Morgan fingerprint density at radius 2 is 1.74 bits per heavy atom. The summed E-state index contributed by atoms with van der Waals surface area (Å²) < 4.78 is 0. The van der Waals surface area contributed by atoms with Crippen molar-refractivity contribution in [1.82, 2.24) is 0 Å². The van der Waals surface area contributed by atoms with Gasteiger partial charge in [-0.05, 0) is 35.0 Å². The summed E-state index contributed by atoms with van der Waals surface area (Å²) in [5, 5.41) is 7.79. The molecule has 0 saturated heterocycles. The molecule has 19 heavy (non-hydrogen) atoms. The summed E-state index contributed by atoms with van der Waals surface area (Å²) in [6.45, 7) is 7.92. The zero-order chi connectivity index (χ0) is 13.6. The van der Waals surface area contributed by atoms with Crippen molar-refractivity contribution in [3.8, 4) is 11.1 Å². The molecule has 2 nitrogen and oxygen atoms in total. The molecule has 0 amide bonds. The van der Waals surface area contributed by atoms with Crippen molar-refractivity contribution in [2.45, 2.75) is 19.3 Å². The van der Waals surface area contributed by atoms with Gasteiger partial charge in [-0.25, -0.2) is 4.99 Å². The van der Waals surface area contributed by atoms with E-state index >= 15 is 0 Å². The summed E-state index contributed by atoms with van der Waals surface area (Å²) in [5.74, 6) is 0.227. The van der Waals surface area contributed by atoms with E-state index in [1.807, 2.05) is 6.07 Å². The highest BCUT2D eigenvalue weighted by Gasteiger charge is 2.35. The van der Waals surface area contributed by atoms with Crippen molar-refractivity contribution in [1.29, 1.82) is 5.41 Å². The monoisotopic (exact) mass is 248 g/mol. The second-order valence-corrected chi connectivity index (χ2v) is 5.44. The van der Waals surface area contributed by atoms with Gasteiger partial charge in [0.25, 0.3) is 0 Å². The van der Waals surface area contributed by atoms with Gasteiger partial charge in [0.1, 0.15) is 0 Å². The number of nitrogens with zero attached hydrogens (tertiary/aromatic N) is 1. The minimum Gasteiger partial charge on any atom is -0.282 e. The van der Waals surface area contributed by atoms with Crippen molar-refractivity contribution in [3.05, 3.63) is 59.2 Å². The Bertz CT molecular complexity index is 696. The van der Waals surface area contributed by atoms with Gasteiger partial charge >= 0.3 is 0 Å². The molecule has 0 unspecified atom stereocenters. The molecule has 0 spiro atoms. The van der Waals surface area contributed by atoms with Crippen molar-refractivity contribution in [3.63, 3.8) is 0 Å². The Morgan fingerprint density at radius 3 is 2.47 bits per heavy atom. The molecule has 0 heterocycles. The molecule has 0 radical (unpaired) electrons. The molecule has 1 aliphatic rings. The lowest BCUT2D eigenvalue weighted by Crippen LogP contribution is -2.14. The third kappa shape index (κ3) is 1.56. The summed E-state index contributed by atoms with van der Waals surface area (Å²) in [6, 6.07) is 14.6. The van der Waals surface area contributed by atoms with E-state index in [0.717, 1.165) is 5.56 Å². The van der Waals surface area contributed by atoms with Gasteiger partial charge in [-0.1, -0.05) is 50.2 Å². The van der Waals surface area contributed by atoms with Crippen LogP contribution in [-0.2, 0) is 5.41 Å². The van der Waals surface area contributed by atoms with E-state index in [4.69, 9.17) is 5.41 Å². The van der Waals surface area contributed by atoms with Crippen molar-refractivity contribution < 1.29 is 0 Å². The molecule has 1 N–H and O–H groups in total. The van der Waals surface area contributed by atoms with Gasteiger partial charge in [-0.15, -0.1) is 0 Å². The Labute approximate surface area is 113 Å². The van der Waals surface area contributed by atoms with E-state index in [2.05, 4.69) is 62.0 Å². The van der Waals surface area contributed by atoms with Crippen molar-refractivity contribution in [2.24, 2.45) is 4.99 Å². The smallest absolute Gasteiger partial charge is 0.151 e. The molecule has 2 heteroatoms. The highest BCUT2D eigenvalue weighted by atomic mass is 14.8. The first-order valence-corrected chi connectivity index (χ1v) is 6.36. The standard InChI is InChI=1S/C17H16N2/c1-17(2)14-7-5-4-6-12(14)13-10-11(16(18)19-3)8-9-15(13)17/h4-10,18H,3H2,1-2H3. The molecular weight excluding hydrogens is 232 g/mol. The van der Waals surface area contributed by atoms with Gasteiger partial charge in [-0.3, -0.25) is 5.41 Å². The van der Waals surface area contributed by atoms with Crippen molar-refractivity contribution >= 4 is 12.6 Å². The van der Waals surface area contributed by atoms with Gasteiger partial charge < -0.3 is 0 Å². The average Bonchev–Trinajstić information content (AvgIpc) is 2.67. The molecule has 2 aromatic carbocycles. The lowest BCUT2D eigenvalue weighted by Gasteiger charge is -2.21. The zero-order valence-corrected chi connectivity index (χ0v) is 11.2. The second kappa shape index (κ2) is 3.89. The third-order valence-corrected chi connectivity index (χ3v) is 4.02. The number of hydrogen-bond donors (Lipinski definition) is 1. The molecule has 0 bridgehead atoms. The first-order valence-electron chi connectivity index (χ1n) is 6.36. The van der Waals surface area contributed by atoms with Gasteiger partial charge in [0.05, 0.1) is 0 Å². The van der Waals surface area contributed by atoms with E-state index in [9.17, 15) is 0 Å². The molecule has 2 aromatic rings. The van der Waals surface area contributed by atoms with Crippen LogP contribution in [0, 0.1) is 5.41 Å². The highest BCUT2D eigenvalue weighted by Crippen LogP contribution is 2.48. The van der Waals surface area contributed by atoms with Crippen LogP contribution < -0.4 is 0 Å². The number of aliphatic imine (C=N–C) groups is 1. The number of nitrogens with one attached hydrogen (secondary N) is 1. The van der Waals surface area contributed by atoms with Crippen molar-refractivity contribution in [2.75, 3.05) is 0 Å². The van der Waals surface area contributed by atoms with Crippen LogP contribution in [0.25, 0.3) is 11.1 Å². The molecule has 0 aromatic heterocycles. The number of fused-ring (bicyclic) bond motifs is 3. The van der Waals surface area contributed by atoms with Crippen LogP contribution in [0.3, 0.4) is 0 Å².